The Morgan fingerprint density at radius 3 is 1.05 bits per heavy atom. The number of rotatable bonds is 2. The van der Waals surface area contributed by atoms with Gasteiger partial charge in [0.05, 0.1) is 0 Å². The van der Waals surface area contributed by atoms with Crippen LogP contribution in [-0.2, 0) is 0 Å². The molecule has 0 fully saturated rings. The van der Waals surface area contributed by atoms with Gasteiger partial charge >= 0.3 is 20.4 Å². The number of hydrogen-bond acceptors (Lipinski definition) is 1. The van der Waals surface area contributed by atoms with E-state index in [0.717, 1.165) is 0 Å². The molecule has 0 spiro atoms. The minimum Gasteiger partial charge on any atom is -0.143 e. The van der Waals surface area contributed by atoms with E-state index >= 15 is 0 Å². The van der Waals surface area contributed by atoms with Gasteiger partial charge in [0.2, 0.25) is 0 Å². The van der Waals surface area contributed by atoms with E-state index in [2.05, 4.69) is 12.6 Å². The van der Waals surface area contributed by atoms with Crippen LogP contribution in [0.5, 0.6) is 0 Å². The fourth-order valence-electron chi connectivity index (χ4n) is 1.00. The van der Waals surface area contributed by atoms with Gasteiger partial charge in [-0.2, -0.15) is 0 Å². The molecule has 1 aromatic rings. The van der Waals surface area contributed by atoms with Crippen LogP contribution in [0.3, 0.4) is 0 Å². The Morgan fingerprint density at radius 1 is 0.579 bits per heavy atom. The minimum absolute atomic E-state index is 0.447. The van der Waals surface area contributed by atoms with Crippen LogP contribution in [0.25, 0.3) is 0 Å². The smallest absolute Gasteiger partial charge is 0.143 e. The Hall–Kier alpha value is -0.430. The second kappa shape index (κ2) is 2.79. The maximum atomic E-state index is 12.3. The largest absolute Gasteiger partial charge is 0.310 e. The van der Waals surface area contributed by atoms with E-state index < -0.39 is 53.3 Å². The second-order valence-corrected chi connectivity index (χ2v) is 8.94. The fourth-order valence-corrected chi connectivity index (χ4v) is 2.93. The summed E-state index contributed by atoms with van der Waals surface area (Å²) >= 11 is 3.01. The highest BCUT2D eigenvalue weighted by Crippen LogP contribution is 3.05. The van der Waals surface area contributed by atoms with Crippen LogP contribution in [0.15, 0.2) is 32.9 Å². The van der Waals surface area contributed by atoms with Gasteiger partial charge in [-0.3, -0.25) is 0 Å². The molecule has 19 heavy (non-hydrogen) atoms. The fraction of sp³-hybridized carbons (Fsp3) is 0. The first-order valence-corrected chi connectivity index (χ1v) is 8.26. The summed E-state index contributed by atoms with van der Waals surface area (Å²) in [5.74, 6) is 0. The summed E-state index contributed by atoms with van der Waals surface area (Å²) in [4.78, 5) is -7.46. The van der Waals surface area contributed by atoms with Crippen molar-refractivity contribution in [3.05, 3.63) is 18.2 Å². The van der Waals surface area contributed by atoms with Gasteiger partial charge in [0.25, 0.3) is 0 Å². The van der Waals surface area contributed by atoms with Gasteiger partial charge in [-0.25, -0.2) is 0 Å². The van der Waals surface area contributed by atoms with Crippen molar-refractivity contribution >= 4 is 33.1 Å². The Balaban J connectivity index is 3.79. The van der Waals surface area contributed by atoms with Crippen LogP contribution in [0.4, 0.5) is 38.9 Å². The predicted octanol–water partition coefficient (Wildman–Crippen LogP) is 7.29. The van der Waals surface area contributed by atoms with Crippen LogP contribution in [0.2, 0.25) is 0 Å². The van der Waals surface area contributed by atoms with Gasteiger partial charge in [0, 0.05) is 4.90 Å². The van der Waals surface area contributed by atoms with Crippen molar-refractivity contribution < 1.29 is 38.9 Å². The molecule has 116 valence electrons. The number of thiol groups is 1. The lowest BCUT2D eigenvalue weighted by molar-refractivity contribution is 0.359. The molecule has 0 nitrogen and oxygen atoms in total. The Morgan fingerprint density at radius 2 is 0.842 bits per heavy atom. The van der Waals surface area contributed by atoms with Gasteiger partial charge < -0.3 is 0 Å². The van der Waals surface area contributed by atoms with Crippen molar-refractivity contribution in [2.24, 2.45) is 0 Å². The van der Waals surface area contributed by atoms with E-state index in [1.165, 1.54) is 0 Å². The topological polar surface area (TPSA) is 0 Å². The molecule has 0 heterocycles. The average Bonchev–Trinajstić information content (AvgIpc) is 1.93. The van der Waals surface area contributed by atoms with Gasteiger partial charge in [-0.05, 0) is 18.2 Å². The van der Waals surface area contributed by atoms with Crippen molar-refractivity contribution in [1.82, 2.24) is 0 Å². The summed E-state index contributed by atoms with van der Waals surface area (Å²) in [5.41, 5.74) is 0. The van der Waals surface area contributed by atoms with Crippen LogP contribution in [0.1, 0.15) is 0 Å². The zero-order valence-corrected chi connectivity index (χ0v) is 10.8. The first-order chi connectivity index (χ1) is 7.58. The molecule has 0 unspecified atom stereocenters. The van der Waals surface area contributed by atoms with Crippen LogP contribution < -0.4 is 0 Å². The molecule has 0 radical (unpaired) electrons. The van der Waals surface area contributed by atoms with Crippen LogP contribution in [-0.4, -0.2) is 0 Å². The maximum Gasteiger partial charge on any atom is 0.310 e. The molecule has 0 aliphatic rings. The molecule has 0 amide bonds. The van der Waals surface area contributed by atoms with E-state index in [9.17, 15) is 38.9 Å². The van der Waals surface area contributed by atoms with Crippen molar-refractivity contribution in [3.63, 3.8) is 0 Å². The lowest BCUT2D eigenvalue weighted by atomic mass is 10.4. The summed E-state index contributed by atoms with van der Waals surface area (Å²) < 4.78 is 123. The van der Waals surface area contributed by atoms with E-state index in [0.29, 0.717) is 0 Å². The second-order valence-electron chi connectivity index (χ2n) is 3.60. The molecule has 0 aromatic heterocycles. The highest BCUT2D eigenvalue weighted by atomic mass is 32.5. The van der Waals surface area contributed by atoms with E-state index in [4.69, 9.17) is 0 Å². The third kappa shape index (κ3) is 4.27. The molecule has 0 bridgehead atoms. The average molecular weight is 362 g/mol. The van der Waals surface area contributed by atoms with Crippen molar-refractivity contribution in [2.75, 3.05) is 0 Å². The molecule has 0 saturated carbocycles. The summed E-state index contributed by atoms with van der Waals surface area (Å²) in [6.07, 6.45) is 0. The van der Waals surface area contributed by atoms with Gasteiger partial charge in [0.1, 0.15) is 9.79 Å². The van der Waals surface area contributed by atoms with E-state index in [-0.39, 0.29) is 0 Å². The number of hydrogen-bond donors (Lipinski definition) is 1. The van der Waals surface area contributed by atoms with Gasteiger partial charge in [0.15, 0.2) is 0 Å². The Labute approximate surface area is 105 Å². The normalized spacial score (nSPS) is 21.0. The van der Waals surface area contributed by atoms with Crippen LogP contribution >= 0.6 is 33.1 Å². The highest BCUT2D eigenvalue weighted by Gasteiger charge is 2.69. The quantitative estimate of drug-likeness (QED) is 0.414. The maximum absolute atomic E-state index is 12.3. The highest BCUT2D eigenvalue weighted by molar-refractivity contribution is 8.46. The molecule has 1 rings (SSSR count). The molecule has 13 heteroatoms. The van der Waals surface area contributed by atoms with E-state index in [1.807, 2.05) is 0 Å². The molecule has 1 aromatic carbocycles. The molecular weight excluding hydrogens is 358 g/mol. The predicted molar refractivity (Wildman–Crippen MR) is 56.5 cm³/mol. The first-order valence-electron chi connectivity index (χ1n) is 3.91. The summed E-state index contributed by atoms with van der Waals surface area (Å²) in [6, 6.07) is -2.20. The molecule has 0 N–H and O–H groups in total. The molecule has 0 saturated heterocycles. The molecule has 0 aliphatic heterocycles. The van der Waals surface area contributed by atoms with E-state index in [1.54, 1.807) is 0 Å². The lowest BCUT2D eigenvalue weighted by Gasteiger charge is -2.44. The third-order valence-electron chi connectivity index (χ3n) is 1.76. The van der Waals surface area contributed by atoms with Gasteiger partial charge in [-0.1, -0.05) is 38.9 Å². The number of benzene rings is 1. The van der Waals surface area contributed by atoms with Crippen molar-refractivity contribution in [2.45, 2.75) is 14.7 Å². The Bertz CT molecular complexity index is 502. The third-order valence-corrected chi connectivity index (χ3v) is 4.27. The van der Waals surface area contributed by atoms with Gasteiger partial charge in [-0.15, -0.1) is 12.6 Å². The van der Waals surface area contributed by atoms with Crippen LogP contribution in [0, 0.1) is 0 Å². The summed E-state index contributed by atoms with van der Waals surface area (Å²) in [5, 5.41) is 0. The first kappa shape index (κ1) is 16.6. The molecule has 0 aliphatic carbocycles. The monoisotopic (exact) mass is 362 g/mol. The Kier molecular flexibility index (Phi) is 2.44. The van der Waals surface area contributed by atoms with Crippen molar-refractivity contribution in [1.29, 1.82) is 0 Å². The lowest BCUT2D eigenvalue weighted by Crippen LogP contribution is -2.11. The summed E-state index contributed by atoms with van der Waals surface area (Å²) in [6.45, 7) is 0. The standard InChI is InChI=1S/C6H4F10S3/c7-18(8,9,10,11)5-1-4(17)2-6(3-5)19(12,13,14,15)16/h1-3,17H. The zero-order chi connectivity index (χ0) is 15.7. The molecule has 0 atom stereocenters. The molecular formula is C6H4F10S3. The van der Waals surface area contributed by atoms with Crippen molar-refractivity contribution in [3.8, 4) is 0 Å². The zero-order valence-electron chi connectivity index (χ0n) is 8.28. The summed E-state index contributed by atoms with van der Waals surface area (Å²) in [7, 11) is -21.0. The minimum atomic E-state index is -10.5. The number of halogens is 10. The SMILES string of the molecule is FS(F)(F)(F)(F)c1cc(S)cc(S(F)(F)(F)(F)F)c1.